The van der Waals surface area contributed by atoms with Gasteiger partial charge in [0.15, 0.2) is 0 Å². The van der Waals surface area contributed by atoms with Gasteiger partial charge in [-0.05, 0) is 43.0 Å². The van der Waals surface area contributed by atoms with Gasteiger partial charge in [0.05, 0.1) is 28.0 Å². The van der Waals surface area contributed by atoms with Gasteiger partial charge in [-0.3, -0.25) is 4.79 Å². The van der Waals surface area contributed by atoms with Gasteiger partial charge >= 0.3 is 0 Å². The molecule has 0 spiro atoms. The molecular weight excluding hydrogens is 395 g/mol. The van der Waals surface area contributed by atoms with Crippen LogP contribution < -0.4 is 21.3 Å². The van der Waals surface area contributed by atoms with Crippen molar-refractivity contribution < 1.29 is 4.79 Å². The Hall–Kier alpha value is -2.11. The van der Waals surface area contributed by atoms with Crippen molar-refractivity contribution in [1.82, 2.24) is 5.32 Å². The number of nitrogens with two attached hydrogens (primary N) is 1. The highest BCUT2D eigenvalue weighted by molar-refractivity contribution is 6.37. The van der Waals surface area contributed by atoms with E-state index in [-0.39, 0.29) is 18.5 Å². The molecule has 0 atom stereocenters. The van der Waals surface area contributed by atoms with Crippen LogP contribution in [0.3, 0.4) is 0 Å². The van der Waals surface area contributed by atoms with Crippen LogP contribution in [0.15, 0.2) is 36.4 Å². The second-order valence-corrected chi connectivity index (χ2v) is 7.83. The molecule has 3 rings (SSSR count). The van der Waals surface area contributed by atoms with Crippen molar-refractivity contribution in [3.8, 4) is 0 Å². The zero-order chi connectivity index (χ0) is 20.1. The van der Waals surface area contributed by atoms with Gasteiger partial charge < -0.3 is 21.3 Å². The van der Waals surface area contributed by atoms with Gasteiger partial charge in [-0.25, -0.2) is 0 Å². The highest BCUT2D eigenvalue weighted by Crippen LogP contribution is 2.30. The fourth-order valence-electron chi connectivity index (χ4n) is 3.53. The van der Waals surface area contributed by atoms with Gasteiger partial charge in [-0.2, -0.15) is 0 Å². The molecule has 4 N–H and O–H groups in total. The Labute approximate surface area is 176 Å². The van der Waals surface area contributed by atoms with E-state index in [1.807, 2.05) is 0 Å². The molecule has 1 fully saturated rings. The summed E-state index contributed by atoms with van der Waals surface area (Å²) < 4.78 is 0. The maximum atomic E-state index is 12.3. The number of para-hydroxylation sites is 1. The summed E-state index contributed by atoms with van der Waals surface area (Å²) in [5.74, 6) is -0.0589. The lowest BCUT2D eigenvalue weighted by Crippen LogP contribution is -2.46. The van der Waals surface area contributed by atoms with Crippen LogP contribution in [0.2, 0.25) is 10.0 Å². The topological polar surface area (TPSA) is 70.4 Å². The van der Waals surface area contributed by atoms with Crippen molar-refractivity contribution in [3.63, 3.8) is 0 Å². The summed E-state index contributed by atoms with van der Waals surface area (Å²) in [6, 6.07) is 11.9. The number of nitrogen functional groups attached to an aromatic ring is 1. The normalized spacial score (nSPS) is 14.8. The number of amides is 1. The average Bonchev–Trinajstić information content (AvgIpc) is 2.70. The first-order valence-electron chi connectivity index (χ1n) is 9.58. The molecule has 0 radical (unpaired) electrons. The molecule has 1 aliphatic heterocycles. The zero-order valence-corrected chi connectivity index (χ0v) is 17.5. The number of hydrogen-bond donors (Lipinski definition) is 3. The SMILES string of the molecule is CCc1ccccc1N1CCC(NC(=O)CNc2cc(Cl)c(N)cc2Cl)CC1. The van der Waals surface area contributed by atoms with Crippen LogP contribution in [0.25, 0.3) is 0 Å². The largest absolute Gasteiger partial charge is 0.397 e. The van der Waals surface area contributed by atoms with Crippen molar-refractivity contribution in [2.45, 2.75) is 32.2 Å². The fraction of sp³-hybridized carbons (Fsp3) is 0.381. The van der Waals surface area contributed by atoms with Crippen LogP contribution in [-0.4, -0.2) is 31.6 Å². The van der Waals surface area contributed by atoms with Gasteiger partial charge in [-0.1, -0.05) is 48.3 Å². The van der Waals surface area contributed by atoms with Crippen molar-refractivity contribution in [3.05, 3.63) is 52.0 Å². The smallest absolute Gasteiger partial charge is 0.239 e. The third kappa shape index (κ3) is 5.03. The highest BCUT2D eigenvalue weighted by Gasteiger charge is 2.22. The van der Waals surface area contributed by atoms with Gasteiger partial charge in [-0.15, -0.1) is 0 Å². The van der Waals surface area contributed by atoms with E-state index in [1.165, 1.54) is 11.3 Å². The Bertz CT molecular complexity index is 835. The van der Waals surface area contributed by atoms with E-state index >= 15 is 0 Å². The maximum absolute atomic E-state index is 12.3. The molecule has 1 amide bonds. The molecule has 28 heavy (non-hydrogen) atoms. The van der Waals surface area contributed by atoms with Gasteiger partial charge in [0.25, 0.3) is 0 Å². The molecule has 1 saturated heterocycles. The number of carbonyl (C=O) groups excluding carboxylic acids is 1. The molecule has 5 nitrogen and oxygen atoms in total. The number of nitrogens with one attached hydrogen (secondary N) is 2. The fourth-order valence-corrected chi connectivity index (χ4v) is 3.94. The Morgan fingerprint density at radius 3 is 2.61 bits per heavy atom. The molecule has 0 saturated carbocycles. The zero-order valence-electron chi connectivity index (χ0n) is 16.0. The summed E-state index contributed by atoms with van der Waals surface area (Å²) in [6.07, 6.45) is 2.88. The Morgan fingerprint density at radius 1 is 1.18 bits per heavy atom. The predicted molar refractivity (Wildman–Crippen MR) is 119 cm³/mol. The number of aryl methyl sites for hydroxylation is 1. The molecule has 0 bridgehead atoms. The minimum absolute atomic E-state index is 0.0589. The number of nitrogens with zero attached hydrogens (tertiary/aromatic N) is 1. The predicted octanol–water partition coefficient (Wildman–Crippen LogP) is 4.34. The molecule has 0 unspecified atom stereocenters. The van der Waals surface area contributed by atoms with E-state index in [9.17, 15) is 4.79 Å². The number of hydrogen-bond acceptors (Lipinski definition) is 4. The summed E-state index contributed by atoms with van der Waals surface area (Å²) >= 11 is 12.2. The Balaban J connectivity index is 1.48. The minimum atomic E-state index is -0.0589. The number of piperidine rings is 1. The van der Waals surface area contributed by atoms with Crippen LogP contribution in [0.5, 0.6) is 0 Å². The number of benzene rings is 2. The second kappa shape index (κ2) is 9.39. The highest BCUT2D eigenvalue weighted by atomic mass is 35.5. The van der Waals surface area contributed by atoms with E-state index in [4.69, 9.17) is 28.9 Å². The van der Waals surface area contributed by atoms with Crippen molar-refractivity contribution in [2.24, 2.45) is 0 Å². The summed E-state index contributed by atoms with van der Waals surface area (Å²) in [7, 11) is 0. The first kappa shape index (κ1) is 20.6. The van der Waals surface area contributed by atoms with Gasteiger partial charge in [0, 0.05) is 24.8 Å². The Morgan fingerprint density at radius 2 is 1.89 bits per heavy atom. The first-order valence-corrected chi connectivity index (χ1v) is 10.3. The standard InChI is InChI=1S/C21H26Cl2N4O/c1-2-14-5-3-4-6-20(14)27-9-7-15(8-10-27)26-21(28)13-25-19-12-16(22)18(24)11-17(19)23/h3-6,11-12,15,25H,2,7-10,13,24H2,1H3,(H,26,28). The van der Waals surface area contributed by atoms with Crippen molar-refractivity contribution in [2.75, 3.05) is 35.6 Å². The average molecular weight is 421 g/mol. The lowest BCUT2D eigenvalue weighted by molar-refractivity contribution is -0.120. The van der Waals surface area contributed by atoms with Crippen LogP contribution in [0, 0.1) is 0 Å². The third-order valence-electron chi connectivity index (χ3n) is 5.10. The van der Waals surface area contributed by atoms with Crippen LogP contribution in [0.1, 0.15) is 25.3 Å². The van der Waals surface area contributed by atoms with Gasteiger partial charge in [0.1, 0.15) is 0 Å². The summed E-state index contributed by atoms with van der Waals surface area (Å²) in [5, 5.41) is 6.98. The second-order valence-electron chi connectivity index (χ2n) is 7.02. The minimum Gasteiger partial charge on any atom is -0.397 e. The van der Waals surface area contributed by atoms with Gasteiger partial charge in [0.2, 0.25) is 5.91 Å². The molecule has 0 aliphatic carbocycles. The first-order chi connectivity index (χ1) is 13.5. The van der Waals surface area contributed by atoms with E-state index in [1.54, 1.807) is 12.1 Å². The van der Waals surface area contributed by atoms with E-state index in [2.05, 4.69) is 46.7 Å². The summed E-state index contributed by atoms with van der Waals surface area (Å²) in [4.78, 5) is 14.7. The van der Waals surface area contributed by atoms with Crippen molar-refractivity contribution >= 4 is 46.2 Å². The molecule has 1 heterocycles. The Kier molecular flexibility index (Phi) is 6.92. The van der Waals surface area contributed by atoms with E-state index in [0.717, 1.165) is 32.4 Å². The van der Waals surface area contributed by atoms with Crippen LogP contribution in [-0.2, 0) is 11.2 Å². The lowest BCUT2D eigenvalue weighted by atomic mass is 10.0. The monoisotopic (exact) mass is 420 g/mol. The molecule has 150 valence electrons. The number of carbonyl (C=O) groups is 1. The van der Waals surface area contributed by atoms with Crippen molar-refractivity contribution in [1.29, 1.82) is 0 Å². The number of anilines is 3. The quantitative estimate of drug-likeness (QED) is 0.607. The van der Waals surface area contributed by atoms with E-state index < -0.39 is 0 Å². The van der Waals surface area contributed by atoms with Crippen LogP contribution in [0.4, 0.5) is 17.1 Å². The summed E-state index contributed by atoms with van der Waals surface area (Å²) in [5.41, 5.74) is 9.41. The molecule has 7 heteroatoms. The van der Waals surface area contributed by atoms with Crippen LogP contribution >= 0.6 is 23.2 Å². The third-order valence-corrected chi connectivity index (χ3v) is 5.74. The molecule has 0 aromatic heterocycles. The molecule has 1 aliphatic rings. The molecular formula is C21H26Cl2N4O. The number of rotatable bonds is 6. The number of halogens is 2. The lowest BCUT2D eigenvalue weighted by Gasteiger charge is -2.35. The van der Waals surface area contributed by atoms with E-state index in [0.29, 0.717) is 21.4 Å². The molecule has 2 aromatic rings. The maximum Gasteiger partial charge on any atom is 0.239 e. The molecule has 2 aromatic carbocycles. The summed E-state index contributed by atoms with van der Waals surface area (Å²) in [6.45, 7) is 4.20.